The number of hydrogen-bond acceptors (Lipinski definition) is 2. The molecule has 0 saturated heterocycles. The second-order valence-electron chi connectivity index (χ2n) is 5.76. The molecule has 0 spiro atoms. The highest BCUT2D eigenvalue weighted by Crippen LogP contribution is 2.35. The Hall–Kier alpha value is -1.39. The van der Waals surface area contributed by atoms with Crippen molar-refractivity contribution in [2.24, 2.45) is 0 Å². The smallest absolute Gasteiger partial charge is 0.282 e. The Morgan fingerprint density at radius 2 is 1.55 bits per heavy atom. The molecule has 2 rings (SSSR count). The van der Waals surface area contributed by atoms with Gasteiger partial charge < -0.3 is 0 Å². The summed E-state index contributed by atoms with van der Waals surface area (Å²) >= 11 is 0. The average molecular weight is 320 g/mol. The third-order valence-corrected chi connectivity index (χ3v) is 4.93. The van der Waals surface area contributed by atoms with E-state index in [1.165, 1.54) is 25.7 Å². The molecule has 0 aromatic heterocycles. The van der Waals surface area contributed by atoms with Crippen LogP contribution in [0.15, 0.2) is 41.3 Å². The van der Waals surface area contributed by atoms with Gasteiger partial charge in [0.25, 0.3) is 10.1 Å². The van der Waals surface area contributed by atoms with Crippen molar-refractivity contribution in [1.29, 1.82) is 0 Å². The summed E-state index contributed by atoms with van der Waals surface area (Å²) in [6.45, 7) is 2.20. The van der Waals surface area contributed by atoms with E-state index in [4.69, 9.17) is 0 Å². The normalized spacial score (nSPS) is 11.9. The largest absolute Gasteiger partial charge is 0.295 e. The highest BCUT2D eigenvalue weighted by molar-refractivity contribution is 7.86. The van der Waals surface area contributed by atoms with Gasteiger partial charge >= 0.3 is 0 Å². The average Bonchev–Trinajstić information content (AvgIpc) is 2.66. The number of fused-ring (bicyclic) bond motifs is 1. The summed E-state index contributed by atoms with van der Waals surface area (Å²) in [5.41, 5.74) is 2.54. The van der Waals surface area contributed by atoms with Gasteiger partial charge in [0.15, 0.2) is 0 Å². The molecule has 0 aromatic rings. The van der Waals surface area contributed by atoms with E-state index in [-0.39, 0.29) is 4.90 Å². The van der Waals surface area contributed by atoms with Crippen LogP contribution < -0.4 is 0 Å². The predicted molar refractivity (Wildman–Crippen MR) is 90.0 cm³/mol. The van der Waals surface area contributed by atoms with Crippen molar-refractivity contribution in [2.75, 3.05) is 0 Å². The topological polar surface area (TPSA) is 54.4 Å². The summed E-state index contributed by atoms with van der Waals surface area (Å²) in [5.74, 6) is 0. The molecule has 0 amide bonds. The van der Waals surface area contributed by atoms with E-state index in [1.54, 1.807) is 18.2 Å². The van der Waals surface area contributed by atoms with Gasteiger partial charge in [-0.15, -0.1) is 0 Å². The lowest BCUT2D eigenvalue weighted by atomic mass is 10.0. The van der Waals surface area contributed by atoms with Gasteiger partial charge in [0, 0.05) is 5.56 Å². The maximum Gasteiger partial charge on any atom is 0.295 e. The van der Waals surface area contributed by atoms with Crippen LogP contribution in [0, 0.1) is 0 Å². The molecule has 22 heavy (non-hydrogen) atoms. The maximum absolute atomic E-state index is 11.6. The third-order valence-electron chi connectivity index (χ3n) is 4.03. The molecule has 2 aliphatic rings. The fraction of sp³-hybridized carbons (Fsp3) is 0.444. The Balaban J connectivity index is 2.14. The molecule has 0 aliphatic heterocycles. The van der Waals surface area contributed by atoms with Crippen LogP contribution in [-0.2, 0) is 16.5 Å². The Morgan fingerprint density at radius 3 is 2.23 bits per heavy atom. The summed E-state index contributed by atoms with van der Waals surface area (Å²) < 4.78 is 32.6. The van der Waals surface area contributed by atoms with Crippen LogP contribution in [0.2, 0.25) is 0 Å². The first-order valence-electron chi connectivity index (χ1n) is 8.02. The second kappa shape index (κ2) is 7.75. The quantitative estimate of drug-likeness (QED) is 0.553. The molecule has 0 bridgehead atoms. The van der Waals surface area contributed by atoms with Gasteiger partial charge in [-0.25, -0.2) is 0 Å². The lowest BCUT2D eigenvalue weighted by Crippen LogP contribution is -1.96. The van der Waals surface area contributed by atoms with Crippen LogP contribution in [0.4, 0.5) is 0 Å². The first-order chi connectivity index (χ1) is 10.5. The van der Waals surface area contributed by atoms with Crippen LogP contribution in [0.5, 0.6) is 0 Å². The van der Waals surface area contributed by atoms with Crippen molar-refractivity contribution in [3.63, 3.8) is 0 Å². The lowest BCUT2D eigenvalue weighted by molar-refractivity contribution is 0.484. The molecular weight excluding hydrogens is 296 g/mol. The molecule has 0 radical (unpaired) electrons. The van der Waals surface area contributed by atoms with Gasteiger partial charge in [-0.3, -0.25) is 4.55 Å². The highest BCUT2D eigenvalue weighted by atomic mass is 32.2. The SMILES string of the molecule is CCCCCCCCc1cc(S(=O)(=O)O)c2cccccc1-2. The maximum atomic E-state index is 11.6. The first kappa shape index (κ1) is 17.0. The Morgan fingerprint density at radius 1 is 0.909 bits per heavy atom. The Bertz CT molecular complexity index is 677. The molecule has 4 heteroatoms. The van der Waals surface area contributed by atoms with Crippen LogP contribution in [-0.4, -0.2) is 13.0 Å². The van der Waals surface area contributed by atoms with Gasteiger partial charge in [-0.1, -0.05) is 69.4 Å². The zero-order chi connectivity index (χ0) is 16.0. The van der Waals surface area contributed by atoms with E-state index in [9.17, 15) is 13.0 Å². The molecule has 0 atom stereocenters. The van der Waals surface area contributed by atoms with Crippen molar-refractivity contribution >= 4 is 10.1 Å². The summed E-state index contributed by atoms with van der Waals surface area (Å²) in [5, 5.41) is 0. The molecule has 0 aromatic carbocycles. The molecule has 2 aliphatic carbocycles. The van der Waals surface area contributed by atoms with Crippen molar-refractivity contribution in [2.45, 2.75) is 56.8 Å². The molecule has 0 fully saturated rings. The van der Waals surface area contributed by atoms with Gasteiger partial charge in [-0.2, -0.15) is 8.42 Å². The Labute approximate surface area is 133 Å². The van der Waals surface area contributed by atoms with Gasteiger partial charge in [0.1, 0.15) is 4.90 Å². The summed E-state index contributed by atoms with van der Waals surface area (Å²) in [6.07, 6.45) is 8.07. The van der Waals surface area contributed by atoms with Crippen LogP contribution in [0.25, 0.3) is 11.1 Å². The van der Waals surface area contributed by atoms with Gasteiger partial charge in [0.05, 0.1) is 0 Å². The van der Waals surface area contributed by atoms with Crippen LogP contribution in [0.1, 0.15) is 51.0 Å². The number of unbranched alkanes of at least 4 members (excludes halogenated alkanes) is 5. The van der Waals surface area contributed by atoms with Crippen molar-refractivity contribution in [1.82, 2.24) is 0 Å². The predicted octanol–water partition coefficient (Wildman–Crippen LogP) is 4.94. The molecule has 0 heterocycles. The van der Waals surface area contributed by atoms with E-state index >= 15 is 0 Å². The fourth-order valence-corrected chi connectivity index (χ4v) is 3.62. The molecule has 3 nitrogen and oxygen atoms in total. The van der Waals surface area contributed by atoms with Crippen molar-refractivity contribution in [3.05, 3.63) is 42.0 Å². The zero-order valence-electron chi connectivity index (χ0n) is 13.1. The summed E-state index contributed by atoms with van der Waals surface area (Å²) in [4.78, 5) is 0.0275. The van der Waals surface area contributed by atoms with E-state index < -0.39 is 10.1 Å². The van der Waals surface area contributed by atoms with Gasteiger partial charge in [-0.05, 0) is 30.0 Å². The number of aryl methyl sites for hydroxylation is 1. The molecule has 0 saturated carbocycles. The first-order valence-corrected chi connectivity index (χ1v) is 9.46. The minimum atomic E-state index is -4.18. The number of hydrogen-bond donors (Lipinski definition) is 1. The van der Waals surface area contributed by atoms with E-state index in [0.717, 1.165) is 30.4 Å². The highest BCUT2D eigenvalue weighted by Gasteiger charge is 2.22. The number of rotatable bonds is 8. The molecule has 120 valence electrons. The monoisotopic (exact) mass is 320 g/mol. The minimum absolute atomic E-state index is 0.0275. The van der Waals surface area contributed by atoms with Gasteiger partial charge in [0.2, 0.25) is 0 Å². The zero-order valence-corrected chi connectivity index (χ0v) is 13.9. The van der Waals surface area contributed by atoms with Crippen molar-refractivity contribution < 1.29 is 13.0 Å². The molecular formula is C18H24O3S. The Kier molecular flexibility index (Phi) is 5.98. The van der Waals surface area contributed by atoms with Crippen LogP contribution >= 0.6 is 0 Å². The second-order valence-corrected chi connectivity index (χ2v) is 7.15. The van der Waals surface area contributed by atoms with Crippen LogP contribution in [0.3, 0.4) is 0 Å². The van der Waals surface area contributed by atoms with E-state index in [1.807, 2.05) is 18.2 Å². The fourth-order valence-electron chi connectivity index (χ4n) is 2.87. The van der Waals surface area contributed by atoms with E-state index in [2.05, 4.69) is 6.92 Å². The summed E-state index contributed by atoms with van der Waals surface area (Å²) in [7, 11) is -4.18. The molecule has 1 N–H and O–H groups in total. The third kappa shape index (κ3) is 4.31. The standard InChI is InChI=1S/C18H24O3S/c1-2-3-4-5-6-8-11-15-14-18(22(19,20)21)17-13-10-7-9-12-16(15)17/h7,9-10,12-14H,2-6,8,11H2,1H3,(H,19,20,21). The minimum Gasteiger partial charge on any atom is -0.282 e. The lowest BCUT2D eigenvalue weighted by Gasteiger charge is -2.02. The van der Waals surface area contributed by atoms with E-state index in [0.29, 0.717) is 5.56 Å². The van der Waals surface area contributed by atoms with Crippen molar-refractivity contribution in [3.8, 4) is 11.1 Å². The summed E-state index contributed by atoms with van der Waals surface area (Å²) in [6, 6.07) is 10.9. The molecule has 0 unspecified atom stereocenters.